The van der Waals surface area contributed by atoms with Crippen LogP contribution in [0.25, 0.3) is 0 Å². The number of fused-ring (bicyclic) bond motifs is 1. The van der Waals surface area contributed by atoms with Gasteiger partial charge in [-0.25, -0.2) is 0 Å². The summed E-state index contributed by atoms with van der Waals surface area (Å²) in [5.74, 6) is 0.345. The Bertz CT molecular complexity index is 349. The third kappa shape index (κ3) is 2.45. The zero-order valence-corrected chi connectivity index (χ0v) is 10.0. The van der Waals surface area contributed by atoms with Crippen molar-refractivity contribution in [1.82, 2.24) is 0 Å². The highest BCUT2D eigenvalue weighted by molar-refractivity contribution is 5.35. The fourth-order valence-electron chi connectivity index (χ4n) is 2.51. The molecule has 1 atom stereocenters. The second-order valence-electron chi connectivity index (χ2n) is 4.62. The third-order valence-electron chi connectivity index (χ3n) is 3.50. The van der Waals surface area contributed by atoms with Crippen molar-refractivity contribution < 1.29 is 4.74 Å². The highest BCUT2D eigenvalue weighted by atomic mass is 16.5. The van der Waals surface area contributed by atoms with E-state index in [1.807, 2.05) is 0 Å². The highest BCUT2D eigenvalue weighted by Crippen LogP contribution is 2.25. The summed E-state index contributed by atoms with van der Waals surface area (Å²) in [6, 6.07) is 6.84. The van der Waals surface area contributed by atoms with E-state index in [4.69, 9.17) is 10.5 Å². The van der Waals surface area contributed by atoms with Crippen molar-refractivity contribution in [3.63, 3.8) is 0 Å². The molecule has 0 radical (unpaired) electrons. The van der Waals surface area contributed by atoms with Crippen LogP contribution >= 0.6 is 0 Å². The molecule has 0 heterocycles. The predicted octanol–water partition coefficient (Wildman–Crippen LogP) is 2.25. The topological polar surface area (TPSA) is 35.2 Å². The van der Waals surface area contributed by atoms with E-state index in [0.717, 1.165) is 6.61 Å². The van der Waals surface area contributed by atoms with E-state index in [9.17, 15) is 0 Å². The van der Waals surface area contributed by atoms with Crippen LogP contribution < -0.4 is 5.73 Å². The minimum Gasteiger partial charge on any atom is -0.384 e. The molecule has 0 fully saturated rings. The van der Waals surface area contributed by atoms with Crippen molar-refractivity contribution in [1.29, 1.82) is 0 Å². The quantitative estimate of drug-likeness (QED) is 0.843. The Morgan fingerprint density at radius 1 is 1.25 bits per heavy atom. The number of aryl methyl sites for hydroxylation is 2. The average molecular weight is 219 g/mol. The molecular weight excluding hydrogens is 198 g/mol. The number of benzene rings is 1. The van der Waals surface area contributed by atoms with Crippen molar-refractivity contribution in [2.45, 2.75) is 31.6 Å². The van der Waals surface area contributed by atoms with E-state index >= 15 is 0 Å². The maximum Gasteiger partial charge on any atom is 0.0543 e. The molecule has 0 saturated carbocycles. The largest absolute Gasteiger partial charge is 0.384 e. The molecule has 0 aliphatic heterocycles. The van der Waals surface area contributed by atoms with Gasteiger partial charge in [0.05, 0.1) is 6.61 Å². The summed E-state index contributed by atoms with van der Waals surface area (Å²) in [7, 11) is 1.74. The lowest BCUT2D eigenvalue weighted by molar-refractivity contribution is 0.181. The Morgan fingerprint density at radius 2 is 2.00 bits per heavy atom. The summed E-state index contributed by atoms with van der Waals surface area (Å²) >= 11 is 0. The zero-order valence-electron chi connectivity index (χ0n) is 10.0. The summed E-state index contributed by atoms with van der Waals surface area (Å²) < 4.78 is 5.21. The van der Waals surface area contributed by atoms with Crippen molar-refractivity contribution in [2.75, 3.05) is 20.3 Å². The van der Waals surface area contributed by atoms with E-state index in [1.165, 1.54) is 42.4 Å². The number of hydrogen-bond acceptors (Lipinski definition) is 2. The lowest BCUT2D eigenvalue weighted by atomic mass is 9.88. The summed E-state index contributed by atoms with van der Waals surface area (Å²) in [5, 5.41) is 0. The minimum atomic E-state index is 0.345. The molecule has 0 bridgehead atoms. The van der Waals surface area contributed by atoms with Gasteiger partial charge < -0.3 is 10.5 Å². The van der Waals surface area contributed by atoms with Crippen LogP contribution in [0.3, 0.4) is 0 Å². The smallest absolute Gasteiger partial charge is 0.0543 e. The number of hydrogen-bond donors (Lipinski definition) is 1. The Hall–Kier alpha value is -0.860. The van der Waals surface area contributed by atoms with Gasteiger partial charge in [-0.15, -0.1) is 0 Å². The maximum absolute atomic E-state index is 5.79. The summed E-state index contributed by atoms with van der Waals surface area (Å²) in [6.07, 6.45) is 5.14. The lowest BCUT2D eigenvalue weighted by Crippen LogP contribution is -2.18. The van der Waals surface area contributed by atoms with Gasteiger partial charge in [0.2, 0.25) is 0 Å². The molecule has 16 heavy (non-hydrogen) atoms. The van der Waals surface area contributed by atoms with Gasteiger partial charge in [0.1, 0.15) is 0 Å². The molecule has 2 nitrogen and oxygen atoms in total. The second-order valence-corrected chi connectivity index (χ2v) is 4.62. The molecule has 0 amide bonds. The van der Waals surface area contributed by atoms with Crippen LogP contribution in [0.1, 0.15) is 35.4 Å². The van der Waals surface area contributed by atoms with Crippen LogP contribution in [0, 0.1) is 0 Å². The first kappa shape index (κ1) is 11.6. The second kappa shape index (κ2) is 5.46. The lowest BCUT2D eigenvalue weighted by Gasteiger charge is -2.20. The summed E-state index contributed by atoms with van der Waals surface area (Å²) in [4.78, 5) is 0. The minimum absolute atomic E-state index is 0.345. The van der Waals surface area contributed by atoms with Gasteiger partial charge in [-0.1, -0.05) is 18.2 Å². The molecular formula is C14H21NO. The van der Waals surface area contributed by atoms with Crippen molar-refractivity contribution in [2.24, 2.45) is 5.73 Å². The van der Waals surface area contributed by atoms with E-state index < -0.39 is 0 Å². The molecule has 0 saturated heterocycles. The van der Waals surface area contributed by atoms with Crippen LogP contribution in [-0.2, 0) is 17.6 Å². The maximum atomic E-state index is 5.79. The molecule has 0 aromatic heterocycles. The first-order chi connectivity index (χ1) is 7.85. The highest BCUT2D eigenvalue weighted by Gasteiger charge is 2.14. The number of ether oxygens (including phenoxy) is 1. The summed E-state index contributed by atoms with van der Waals surface area (Å²) in [6.45, 7) is 1.38. The SMILES string of the molecule is COCC(CN)c1ccc2c(c1)CCCC2. The molecule has 1 aromatic rings. The average Bonchev–Trinajstić information content (AvgIpc) is 2.35. The number of rotatable bonds is 4. The van der Waals surface area contributed by atoms with Crippen LogP contribution in [0.5, 0.6) is 0 Å². The predicted molar refractivity (Wildman–Crippen MR) is 66.8 cm³/mol. The Labute approximate surface area is 97.8 Å². The fourth-order valence-corrected chi connectivity index (χ4v) is 2.51. The first-order valence-corrected chi connectivity index (χ1v) is 6.16. The molecule has 2 N–H and O–H groups in total. The Kier molecular flexibility index (Phi) is 3.97. The molecule has 1 aliphatic rings. The van der Waals surface area contributed by atoms with Gasteiger partial charge in [0.15, 0.2) is 0 Å². The monoisotopic (exact) mass is 219 g/mol. The van der Waals surface area contributed by atoms with Crippen LogP contribution in [-0.4, -0.2) is 20.3 Å². The number of nitrogens with two attached hydrogens (primary N) is 1. The fraction of sp³-hybridized carbons (Fsp3) is 0.571. The molecule has 1 aromatic carbocycles. The third-order valence-corrected chi connectivity index (χ3v) is 3.50. The van der Waals surface area contributed by atoms with Crippen LogP contribution in [0.4, 0.5) is 0 Å². The van der Waals surface area contributed by atoms with Crippen LogP contribution in [0.2, 0.25) is 0 Å². The van der Waals surface area contributed by atoms with E-state index in [2.05, 4.69) is 18.2 Å². The van der Waals surface area contributed by atoms with Gasteiger partial charge in [-0.3, -0.25) is 0 Å². The van der Waals surface area contributed by atoms with E-state index in [-0.39, 0.29) is 0 Å². The Balaban J connectivity index is 2.21. The van der Waals surface area contributed by atoms with Crippen molar-refractivity contribution >= 4 is 0 Å². The van der Waals surface area contributed by atoms with Gasteiger partial charge in [0, 0.05) is 19.6 Å². The molecule has 1 unspecified atom stereocenters. The Morgan fingerprint density at radius 3 is 2.69 bits per heavy atom. The molecule has 1 aliphatic carbocycles. The summed E-state index contributed by atoms with van der Waals surface area (Å²) in [5.41, 5.74) is 10.2. The molecule has 2 heteroatoms. The van der Waals surface area contributed by atoms with Crippen LogP contribution in [0.15, 0.2) is 18.2 Å². The zero-order chi connectivity index (χ0) is 11.4. The first-order valence-electron chi connectivity index (χ1n) is 6.16. The van der Waals surface area contributed by atoms with Gasteiger partial charge in [-0.05, 0) is 42.4 Å². The van der Waals surface area contributed by atoms with Gasteiger partial charge in [-0.2, -0.15) is 0 Å². The molecule has 2 rings (SSSR count). The van der Waals surface area contributed by atoms with Gasteiger partial charge in [0.25, 0.3) is 0 Å². The standard InChI is InChI=1S/C14H21NO/c1-16-10-14(9-15)13-7-6-11-4-2-3-5-12(11)8-13/h6-8,14H,2-5,9-10,15H2,1H3. The normalized spacial score (nSPS) is 16.9. The number of methoxy groups -OCH3 is 1. The van der Waals surface area contributed by atoms with Gasteiger partial charge >= 0.3 is 0 Å². The molecule has 0 spiro atoms. The van der Waals surface area contributed by atoms with Crippen molar-refractivity contribution in [3.05, 3.63) is 34.9 Å². The van der Waals surface area contributed by atoms with E-state index in [1.54, 1.807) is 7.11 Å². The molecule has 88 valence electrons. The van der Waals surface area contributed by atoms with E-state index in [0.29, 0.717) is 12.5 Å². The van der Waals surface area contributed by atoms with Crippen molar-refractivity contribution in [3.8, 4) is 0 Å².